The quantitative estimate of drug-likeness (QED) is 0.791. The molecule has 1 aromatic rings. The molecular weight excluding hydrogens is 180 g/mol. The smallest absolute Gasteiger partial charge is 0.315 e. The lowest BCUT2D eigenvalue weighted by molar-refractivity contribution is -0.147. The van der Waals surface area contributed by atoms with Crippen molar-refractivity contribution in [2.24, 2.45) is 0 Å². The predicted octanol–water partition coefficient (Wildman–Crippen LogP) is 1.41. The standard InChI is InChI=1S/C10H14N2O2/c1-2-12-8(4-7-11-12)10(9(13)14)5-3-6-10/h4,7H,2-3,5-6H2,1H3,(H,13,14). The Morgan fingerprint density at radius 3 is 2.86 bits per heavy atom. The predicted molar refractivity (Wildman–Crippen MR) is 51.1 cm³/mol. The summed E-state index contributed by atoms with van der Waals surface area (Å²) in [7, 11) is 0. The summed E-state index contributed by atoms with van der Waals surface area (Å²) in [5.41, 5.74) is 0.214. The first-order chi connectivity index (χ1) is 6.70. The molecule has 0 aromatic carbocycles. The molecule has 1 aliphatic rings. The van der Waals surface area contributed by atoms with Crippen molar-refractivity contribution in [3.8, 4) is 0 Å². The van der Waals surface area contributed by atoms with Gasteiger partial charge in [0.1, 0.15) is 5.41 Å². The molecule has 0 bridgehead atoms. The van der Waals surface area contributed by atoms with E-state index in [1.807, 2.05) is 13.0 Å². The molecule has 4 heteroatoms. The van der Waals surface area contributed by atoms with Crippen molar-refractivity contribution in [1.82, 2.24) is 9.78 Å². The van der Waals surface area contributed by atoms with Crippen LogP contribution in [-0.4, -0.2) is 20.9 Å². The van der Waals surface area contributed by atoms with Crippen LogP contribution in [0.4, 0.5) is 0 Å². The molecule has 0 spiro atoms. The van der Waals surface area contributed by atoms with Gasteiger partial charge in [-0.25, -0.2) is 0 Å². The fourth-order valence-corrected chi connectivity index (χ4v) is 2.10. The Labute approximate surface area is 82.5 Å². The molecule has 1 N–H and O–H groups in total. The maximum absolute atomic E-state index is 11.2. The fourth-order valence-electron chi connectivity index (χ4n) is 2.10. The lowest BCUT2D eigenvalue weighted by Gasteiger charge is -2.37. The first-order valence-corrected chi connectivity index (χ1v) is 4.96. The zero-order valence-corrected chi connectivity index (χ0v) is 8.23. The van der Waals surface area contributed by atoms with E-state index in [0.717, 1.165) is 31.5 Å². The summed E-state index contributed by atoms with van der Waals surface area (Å²) in [5, 5.41) is 13.4. The van der Waals surface area contributed by atoms with Gasteiger partial charge in [0.15, 0.2) is 0 Å². The summed E-state index contributed by atoms with van der Waals surface area (Å²) >= 11 is 0. The van der Waals surface area contributed by atoms with Gasteiger partial charge < -0.3 is 5.11 Å². The number of carbonyl (C=O) groups is 1. The number of hydrogen-bond acceptors (Lipinski definition) is 2. The molecule has 76 valence electrons. The number of hydrogen-bond donors (Lipinski definition) is 1. The van der Waals surface area contributed by atoms with E-state index >= 15 is 0 Å². The zero-order chi connectivity index (χ0) is 10.2. The molecule has 1 aromatic heterocycles. The van der Waals surface area contributed by atoms with Gasteiger partial charge in [-0.05, 0) is 25.8 Å². The Kier molecular flexibility index (Phi) is 2.06. The molecule has 0 atom stereocenters. The minimum absolute atomic E-state index is 0.646. The van der Waals surface area contributed by atoms with Crippen LogP contribution in [0.25, 0.3) is 0 Å². The number of aliphatic carboxylic acids is 1. The van der Waals surface area contributed by atoms with Crippen molar-refractivity contribution >= 4 is 5.97 Å². The van der Waals surface area contributed by atoms with Gasteiger partial charge in [0, 0.05) is 12.7 Å². The van der Waals surface area contributed by atoms with Crippen LogP contribution < -0.4 is 0 Å². The minimum atomic E-state index is -0.709. The second-order valence-corrected chi connectivity index (χ2v) is 3.77. The average molecular weight is 194 g/mol. The number of aromatic nitrogens is 2. The Balaban J connectivity index is 2.41. The summed E-state index contributed by atoms with van der Waals surface area (Å²) in [6.45, 7) is 2.71. The normalized spacial score (nSPS) is 18.9. The monoisotopic (exact) mass is 194 g/mol. The molecule has 4 nitrogen and oxygen atoms in total. The molecule has 0 unspecified atom stereocenters. The minimum Gasteiger partial charge on any atom is -0.481 e. The molecule has 2 rings (SSSR count). The highest BCUT2D eigenvalue weighted by molar-refractivity contribution is 5.81. The highest BCUT2D eigenvalue weighted by Gasteiger charge is 2.48. The van der Waals surface area contributed by atoms with Gasteiger partial charge in [0.05, 0.1) is 5.69 Å². The van der Waals surface area contributed by atoms with Crippen LogP contribution in [-0.2, 0) is 16.8 Å². The molecule has 0 saturated heterocycles. The van der Waals surface area contributed by atoms with Crippen molar-refractivity contribution in [3.63, 3.8) is 0 Å². The van der Waals surface area contributed by atoms with Crippen LogP contribution in [0.2, 0.25) is 0 Å². The topological polar surface area (TPSA) is 55.1 Å². The molecule has 0 aliphatic heterocycles. The fraction of sp³-hybridized carbons (Fsp3) is 0.600. The van der Waals surface area contributed by atoms with Gasteiger partial charge in [-0.15, -0.1) is 0 Å². The van der Waals surface area contributed by atoms with E-state index < -0.39 is 11.4 Å². The molecule has 0 amide bonds. The zero-order valence-electron chi connectivity index (χ0n) is 8.23. The summed E-state index contributed by atoms with van der Waals surface area (Å²) in [6.07, 6.45) is 4.17. The first kappa shape index (κ1) is 9.24. The molecule has 1 aliphatic carbocycles. The summed E-state index contributed by atoms with van der Waals surface area (Å²) in [4.78, 5) is 11.2. The maximum Gasteiger partial charge on any atom is 0.315 e. The van der Waals surface area contributed by atoms with E-state index in [4.69, 9.17) is 0 Å². The molecule has 0 radical (unpaired) electrons. The SMILES string of the molecule is CCn1nccc1C1(C(=O)O)CCC1. The lowest BCUT2D eigenvalue weighted by atomic mass is 9.66. The van der Waals surface area contributed by atoms with Gasteiger partial charge in [-0.3, -0.25) is 9.48 Å². The third kappa shape index (κ3) is 1.06. The number of nitrogens with zero attached hydrogens (tertiary/aromatic N) is 2. The number of carboxylic acid groups (broad SMARTS) is 1. The molecule has 1 heterocycles. The van der Waals surface area contributed by atoms with Crippen LogP contribution in [0, 0.1) is 0 Å². The van der Waals surface area contributed by atoms with Crippen LogP contribution >= 0.6 is 0 Å². The summed E-state index contributed by atoms with van der Waals surface area (Å²) < 4.78 is 1.78. The highest BCUT2D eigenvalue weighted by atomic mass is 16.4. The second-order valence-electron chi connectivity index (χ2n) is 3.77. The molecule has 1 saturated carbocycles. The second kappa shape index (κ2) is 3.12. The molecular formula is C10H14N2O2. The van der Waals surface area contributed by atoms with Gasteiger partial charge in [0.2, 0.25) is 0 Å². The Bertz CT molecular complexity index is 353. The van der Waals surface area contributed by atoms with Crippen molar-refractivity contribution in [3.05, 3.63) is 18.0 Å². The molecule has 14 heavy (non-hydrogen) atoms. The highest BCUT2D eigenvalue weighted by Crippen LogP contribution is 2.43. The Hall–Kier alpha value is -1.32. The largest absolute Gasteiger partial charge is 0.481 e. The van der Waals surface area contributed by atoms with Gasteiger partial charge in [0.25, 0.3) is 0 Å². The van der Waals surface area contributed by atoms with Crippen LogP contribution in [0.15, 0.2) is 12.3 Å². The van der Waals surface area contributed by atoms with E-state index in [1.165, 1.54) is 0 Å². The van der Waals surface area contributed by atoms with Crippen molar-refractivity contribution < 1.29 is 9.90 Å². The van der Waals surface area contributed by atoms with E-state index in [2.05, 4.69) is 5.10 Å². The summed E-state index contributed by atoms with van der Waals surface area (Å²) in [6, 6.07) is 1.83. The van der Waals surface area contributed by atoms with Crippen molar-refractivity contribution in [1.29, 1.82) is 0 Å². The van der Waals surface area contributed by atoms with Gasteiger partial charge in [-0.1, -0.05) is 6.42 Å². The van der Waals surface area contributed by atoms with Crippen molar-refractivity contribution in [2.45, 2.75) is 38.1 Å². The van der Waals surface area contributed by atoms with Crippen LogP contribution in [0.5, 0.6) is 0 Å². The lowest BCUT2D eigenvalue weighted by Crippen LogP contribution is -2.44. The van der Waals surface area contributed by atoms with Crippen LogP contribution in [0.3, 0.4) is 0 Å². The van der Waals surface area contributed by atoms with E-state index in [9.17, 15) is 9.90 Å². The molecule has 1 fully saturated rings. The van der Waals surface area contributed by atoms with Gasteiger partial charge >= 0.3 is 5.97 Å². The maximum atomic E-state index is 11.2. The van der Waals surface area contributed by atoms with Crippen molar-refractivity contribution in [2.75, 3.05) is 0 Å². The number of rotatable bonds is 3. The Morgan fingerprint density at radius 2 is 2.43 bits per heavy atom. The average Bonchev–Trinajstić information content (AvgIpc) is 2.50. The van der Waals surface area contributed by atoms with Gasteiger partial charge in [-0.2, -0.15) is 5.10 Å². The third-order valence-electron chi connectivity index (χ3n) is 3.12. The van der Waals surface area contributed by atoms with E-state index in [-0.39, 0.29) is 0 Å². The first-order valence-electron chi connectivity index (χ1n) is 4.96. The third-order valence-corrected chi connectivity index (χ3v) is 3.12. The van der Waals surface area contributed by atoms with E-state index in [1.54, 1.807) is 10.9 Å². The Morgan fingerprint density at radius 1 is 1.71 bits per heavy atom. The number of aryl methyl sites for hydroxylation is 1. The summed E-state index contributed by atoms with van der Waals surface area (Å²) in [5.74, 6) is -0.709. The van der Waals surface area contributed by atoms with E-state index in [0.29, 0.717) is 0 Å². The number of carboxylic acids is 1. The van der Waals surface area contributed by atoms with Crippen LogP contribution in [0.1, 0.15) is 31.9 Å².